The largest absolute Gasteiger partial charge is 0.490 e. The van der Waals surface area contributed by atoms with Crippen molar-refractivity contribution in [2.75, 3.05) is 13.6 Å². The van der Waals surface area contributed by atoms with Crippen LogP contribution in [0.4, 0.5) is 0 Å². The maximum absolute atomic E-state index is 12.1. The van der Waals surface area contributed by atoms with Crippen LogP contribution in [-0.2, 0) is 4.79 Å². The molecule has 1 saturated carbocycles. The smallest absolute Gasteiger partial charge is 0.246 e. The number of hydrogen-bond donors (Lipinski definition) is 1. The highest BCUT2D eigenvalue weighted by molar-refractivity contribution is 5.91. The van der Waals surface area contributed by atoms with Crippen molar-refractivity contribution >= 4 is 12.0 Å². The Morgan fingerprint density at radius 3 is 2.74 bits per heavy atom. The lowest BCUT2D eigenvalue weighted by atomic mass is 10.1. The summed E-state index contributed by atoms with van der Waals surface area (Å²) in [7, 11) is 1.68. The van der Waals surface area contributed by atoms with E-state index in [0.717, 1.165) is 24.2 Å². The van der Waals surface area contributed by atoms with Crippen LogP contribution in [0.1, 0.15) is 45.1 Å². The van der Waals surface area contributed by atoms with Crippen molar-refractivity contribution in [3.8, 4) is 5.75 Å². The van der Waals surface area contributed by atoms with Gasteiger partial charge in [0.2, 0.25) is 5.91 Å². The molecule has 2 rings (SSSR count). The minimum atomic E-state index is -0.896. The normalized spacial score (nSPS) is 16.0. The zero-order valence-electron chi connectivity index (χ0n) is 14.3. The van der Waals surface area contributed by atoms with E-state index in [1.807, 2.05) is 24.3 Å². The molecule has 0 aliphatic heterocycles. The molecule has 0 saturated heterocycles. The van der Waals surface area contributed by atoms with E-state index in [4.69, 9.17) is 4.74 Å². The van der Waals surface area contributed by atoms with Gasteiger partial charge in [-0.2, -0.15) is 0 Å². The highest BCUT2D eigenvalue weighted by Crippen LogP contribution is 2.24. The number of nitrogens with zero attached hydrogens (tertiary/aromatic N) is 1. The molecular weight excluding hydrogens is 290 g/mol. The first kappa shape index (κ1) is 17.5. The first-order valence-electron chi connectivity index (χ1n) is 8.26. The molecule has 1 amide bonds. The van der Waals surface area contributed by atoms with Crippen LogP contribution < -0.4 is 4.74 Å². The van der Waals surface area contributed by atoms with Crippen LogP contribution in [0.15, 0.2) is 30.3 Å². The third kappa shape index (κ3) is 6.06. The van der Waals surface area contributed by atoms with Gasteiger partial charge in [-0.1, -0.05) is 12.1 Å². The molecule has 0 heterocycles. The van der Waals surface area contributed by atoms with Gasteiger partial charge in [0, 0.05) is 19.7 Å². The molecule has 1 aliphatic carbocycles. The number of carbonyl (C=O) groups is 1. The summed E-state index contributed by atoms with van der Waals surface area (Å²) < 4.78 is 5.97. The molecule has 1 N–H and O–H groups in total. The Kier molecular flexibility index (Phi) is 5.83. The Hall–Kier alpha value is -1.81. The number of benzene rings is 1. The van der Waals surface area contributed by atoms with E-state index in [0.29, 0.717) is 12.6 Å². The minimum absolute atomic E-state index is 0.130. The Morgan fingerprint density at radius 1 is 1.39 bits per heavy atom. The lowest BCUT2D eigenvalue weighted by Gasteiger charge is -2.24. The zero-order chi connectivity index (χ0) is 16.9. The predicted octanol–water partition coefficient (Wildman–Crippen LogP) is 3.25. The van der Waals surface area contributed by atoms with E-state index < -0.39 is 5.60 Å². The first-order valence-corrected chi connectivity index (χ1v) is 8.26. The number of ether oxygens (including phenoxy) is 1. The molecule has 1 aromatic carbocycles. The molecule has 0 bridgehead atoms. The summed E-state index contributed by atoms with van der Waals surface area (Å²) in [6.07, 6.45) is 8.37. The Morgan fingerprint density at radius 2 is 2.09 bits per heavy atom. The molecule has 126 valence electrons. The van der Waals surface area contributed by atoms with Gasteiger partial charge < -0.3 is 14.7 Å². The standard InChI is InChI=1S/C19H27NO3/c1-19(2,22)14-20(3)18(21)12-11-15-7-6-10-17(13-15)23-16-8-4-5-9-16/h6-7,10-13,16,22H,4-5,8-9,14H2,1-3H3/b12-11+. The Balaban J connectivity index is 1.94. The highest BCUT2D eigenvalue weighted by atomic mass is 16.5. The van der Waals surface area contributed by atoms with Crippen molar-refractivity contribution in [2.45, 2.75) is 51.2 Å². The summed E-state index contributed by atoms with van der Waals surface area (Å²) in [5.41, 5.74) is 0.0401. The molecule has 1 aliphatic rings. The van der Waals surface area contributed by atoms with E-state index >= 15 is 0 Å². The monoisotopic (exact) mass is 317 g/mol. The predicted molar refractivity (Wildman–Crippen MR) is 92.3 cm³/mol. The second-order valence-electron chi connectivity index (χ2n) is 6.94. The van der Waals surface area contributed by atoms with Gasteiger partial charge in [0.1, 0.15) is 5.75 Å². The zero-order valence-corrected chi connectivity index (χ0v) is 14.3. The van der Waals surface area contributed by atoms with Crippen molar-refractivity contribution in [3.05, 3.63) is 35.9 Å². The van der Waals surface area contributed by atoms with E-state index in [1.165, 1.54) is 23.8 Å². The van der Waals surface area contributed by atoms with Crippen LogP contribution in [0, 0.1) is 0 Å². The van der Waals surface area contributed by atoms with Crippen LogP contribution in [0.3, 0.4) is 0 Å². The Labute approximate surface area is 138 Å². The lowest BCUT2D eigenvalue weighted by Crippen LogP contribution is -2.38. The lowest BCUT2D eigenvalue weighted by molar-refractivity contribution is -0.127. The first-order chi connectivity index (χ1) is 10.8. The van der Waals surface area contributed by atoms with Crippen molar-refractivity contribution in [1.82, 2.24) is 4.90 Å². The van der Waals surface area contributed by atoms with E-state index in [2.05, 4.69) is 0 Å². The fourth-order valence-electron chi connectivity index (χ4n) is 2.84. The van der Waals surface area contributed by atoms with Gasteiger partial charge in [-0.25, -0.2) is 0 Å². The summed E-state index contributed by atoms with van der Waals surface area (Å²) in [4.78, 5) is 13.6. The molecule has 0 spiro atoms. The molecule has 0 aromatic heterocycles. The fraction of sp³-hybridized carbons (Fsp3) is 0.526. The highest BCUT2D eigenvalue weighted by Gasteiger charge is 2.18. The number of hydrogen-bond acceptors (Lipinski definition) is 3. The maximum Gasteiger partial charge on any atom is 0.246 e. The number of amides is 1. The van der Waals surface area contributed by atoms with Crippen LogP contribution in [0.25, 0.3) is 6.08 Å². The second kappa shape index (κ2) is 7.64. The molecule has 23 heavy (non-hydrogen) atoms. The van der Waals surface area contributed by atoms with Gasteiger partial charge in [-0.3, -0.25) is 4.79 Å². The number of likely N-dealkylation sites (N-methyl/N-ethyl adjacent to an activating group) is 1. The maximum atomic E-state index is 12.1. The van der Waals surface area contributed by atoms with Gasteiger partial charge in [-0.15, -0.1) is 0 Å². The van der Waals surface area contributed by atoms with Gasteiger partial charge >= 0.3 is 0 Å². The van der Waals surface area contributed by atoms with Gasteiger partial charge in [0.25, 0.3) is 0 Å². The average Bonchev–Trinajstić information content (AvgIpc) is 2.96. The summed E-state index contributed by atoms with van der Waals surface area (Å²) >= 11 is 0. The number of carbonyl (C=O) groups excluding carboxylic acids is 1. The molecule has 0 unspecified atom stereocenters. The van der Waals surface area contributed by atoms with Crippen molar-refractivity contribution in [2.24, 2.45) is 0 Å². The minimum Gasteiger partial charge on any atom is -0.490 e. The molecule has 4 nitrogen and oxygen atoms in total. The van der Waals surface area contributed by atoms with E-state index in [-0.39, 0.29) is 5.91 Å². The molecule has 4 heteroatoms. The summed E-state index contributed by atoms with van der Waals surface area (Å²) in [6, 6.07) is 7.80. The second-order valence-corrected chi connectivity index (χ2v) is 6.94. The average molecular weight is 317 g/mol. The summed E-state index contributed by atoms with van der Waals surface area (Å²) in [6.45, 7) is 3.66. The molecule has 1 fully saturated rings. The quantitative estimate of drug-likeness (QED) is 0.819. The van der Waals surface area contributed by atoms with E-state index in [1.54, 1.807) is 27.0 Å². The van der Waals surface area contributed by atoms with Crippen LogP contribution >= 0.6 is 0 Å². The molecule has 1 aromatic rings. The third-order valence-corrected chi connectivity index (χ3v) is 3.88. The van der Waals surface area contributed by atoms with Crippen molar-refractivity contribution in [3.63, 3.8) is 0 Å². The molecular formula is C19H27NO3. The van der Waals surface area contributed by atoms with Crippen molar-refractivity contribution in [1.29, 1.82) is 0 Å². The summed E-state index contributed by atoms with van der Waals surface area (Å²) in [5, 5.41) is 9.76. The van der Waals surface area contributed by atoms with Crippen LogP contribution in [0.5, 0.6) is 5.75 Å². The fourth-order valence-corrected chi connectivity index (χ4v) is 2.84. The number of aliphatic hydroxyl groups is 1. The molecule has 0 radical (unpaired) electrons. The molecule has 0 atom stereocenters. The third-order valence-electron chi connectivity index (χ3n) is 3.88. The summed E-state index contributed by atoms with van der Waals surface area (Å²) in [5.74, 6) is 0.727. The van der Waals surface area contributed by atoms with Crippen LogP contribution in [-0.4, -0.2) is 41.2 Å². The van der Waals surface area contributed by atoms with Gasteiger partial charge in [-0.05, 0) is 63.3 Å². The topological polar surface area (TPSA) is 49.8 Å². The number of rotatable bonds is 6. The SMILES string of the molecule is CN(CC(C)(C)O)C(=O)/C=C/c1cccc(OC2CCCC2)c1. The van der Waals surface area contributed by atoms with Gasteiger partial charge in [0.15, 0.2) is 0 Å². The Bertz CT molecular complexity index is 554. The van der Waals surface area contributed by atoms with E-state index in [9.17, 15) is 9.90 Å². The van der Waals surface area contributed by atoms with Crippen molar-refractivity contribution < 1.29 is 14.6 Å². The van der Waals surface area contributed by atoms with Gasteiger partial charge in [0.05, 0.1) is 11.7 Å². The van der Waals surface area contributed by atoms with Crippen LogP contribution in [0.2, 0.25) is 0 Å².